The van der Waals surface area contributed by atoms with Gasteiger partial charge in [0.2, 0.25) is 0 Å². The minimum absolute atomic E-state index is 0.0741. The van der Waals surface area contributed by atoms with Gasteiger partial charge >= 0.3 is 0 Å². The molecular formula is C21H21ClN4OS. The van der Waals surface area contributed by atoms with Crippen molar-refractivity contribution in [3.8, 4) is 11.1 Å². The number of anilines is 4. The second kappa shape index (κ2) is 8.91. The Morgan fingerprint density at radius 3 is 2.46 bits per heavy atom. The molecule has 0 radical (unpaired) electrons. The Hall–Kier alpha value is -2.83. The van der Waals surface area contributed by atoms with Crippen molar-refractivity contribution < 1.29 is 0 Å². The monoisotopic (exact) mass is 412 g/mol. The third-order valence-electron chi connectivity index (χ3n) is 4.17. The molecule has 0 bridgehead atoms. The first kappa shape index (κ1) is 19.9. The summed E-state index contributed by atoms with van der Waals surface area (Å²) in [5.74, 6) is 0. The molecule has 3 N–H and O–H groups in total. The average molecular weight is 413 g/mol. The van der Waals surface area contributed by atoms with Crippen LogP contribution in [-0.2, 0) is 7.05 Å². The molecule has 0 spiro atoms. The third kappa shape index (κ3) is 4.52. The van der Waals surface area contributed by atoms with Gasteiger partial charge in [-0.2, -0.15) is 0 Å². The molecule has 3 aromatic rings. The number of nitrogens with one attached hydrogen (secondary N) is 3. The molecule has 3 rings (SSSR count). The Kier molecular flexibility index (Phi) is 6.34. The number of hydrogen-bond donors (Lipinski definition) is 3. The molecule has 28 heavy (non-hydrogen) atoms. The van der Waals surface area contributed by atoms with Crippen molar-refractivity contribution in [3.63, 3.8) is 0 Å². The van der Waals surface area contributed by atoms with Crippen LogP contribution in [0.5, 0.6) is 0 Å². The molecule has 0 saturated carbocycles. The number of pyridine rings is 1. The van der Waals surface area contributed by atoms with E-state index in [4.69, 9.17) is 11.6 Å². The zero-order chi connectivity index (χ0) is 20.1. The highest BCUT2D eigenvalue weighted by atomic mass is 35.5. The molecule has 5 nitrogen and oxygen atoms in total. The van der Waals surface area contributed by atoms with Crippen LogP contribution < -0.4 is 20.9 Å². The molecule has 2 aromatic carbocycles. The Morgan fingerprint density at radius 2 is 1.79 bits per heavy atom. The van der Waals surface area contributed by atoms with Crippen LogP contribution in [0.4, 0.5) is 22.7 Å². The molecule has 144 valence electrons. The Bertz CT molecular complexity index is 1050. The zero-order valence-electron chi connectivity index (χ0n) is 15.6. The van der Waals surface area contributed by atoms with Gasteiger partial charge in [0.15, 0.2) is 0 Å². The molecule has 0 aliphatic heterocycles. The first-order valence-corrected chi connectivity index (χ1v) is 9.85. The normalized spacial score (nSPS) is 10.4. The average Bonchev–Trinajstić information content (AvgIpc) is 2.70. The van der Waals surface area contributed by atoms with E-state index in [0.29, 0.717) is 10.7 Å². The summed E-state index contributed by atoms with van der Waals surface area (Å²) in [6, 6.07) is 15.4. The molecular weight excluding hydrogens is 392 g/mol. The van der Waals surface area contributed by atoms with Crippen LogP contribution in [0.1, 0.15) is 0 Å². The molecule has 0 fully saturated rings. The predicted molar refractivity (Wildman–Crippen MR) is 123 cm³/mol. The van der Waals surface area contributed by atoms with E-state index in [1.807, 2.05) is 54.7 Å². The van der Waals surface area contributed by atoms with Gasteiger partial charge in [0.1, 0.15) is 5.69 Å². The van der Waals surface area contributed by atoms with Gasteiger partial charge in [-0.15, -0.1) is 0 Å². The second-order valence-electron chi connectivity index (χ2n) is 6.09. The van der Waals surface area contributed by atoms with Gasteiger partial charge in [0, 0.05) is 53.5 Å². The first-order chi connectivity index (χ1) is 13.5. The number of hydrogen-bond acceptors (Lipinski definition) is 5. The Balaban J connectivity index is 2.10. The van der Waals surface area contributed by atoms with Crippen molar-refractivity contribution in [2.45, 2.75) is 0 Å². The minimum Gasteiger partial charge on any atom is -0.384 e. The molecule has 0 aliphatic carbocycles. The standard InChI is InChI=1S/C21H21ClN4OS/c1-4-28-25-17-9-10-19(24-16-7-5-15(22)6-8-16)18(12-17)14-11-20(23-2)21(27)26(3)13-14/h4-13,23-25H,1H2,2-3H3. The highest BCUT2D eigenvalue weighted by Gasteiger charge is 2.11. The lowest BCUT2D eigenvalue weighted by atomic mass is 10.0. The number of rotatable bonds is 7. The van der Waals surface area contributed by atoms with Gasteiger partial charge in [-0.05, 0) is 65.9 Å². The molecule has 7 heteroatoms. The van der Waals surface area contributed by atoms with Crippen LogP contribution in [-0.4, -0.2) is 11.6 Å². The molecule has 1 heterocycles. The largest absolute Gasteiger partial charge is 0.384 e. The van der Waals surface area contributed by atoms with Crippen molar-refractivity contribution in [1.82, 2.24) is 4.57 Å². The van der Waals surface area contributed by atoms with Crippen molar-refractivity contribution in [1.29, 1.82) is 0 Å². The van der Waals surface area contributed by atoms with Crippen molar-refractivity contribution in [3.05, 3.63) is 82.1 Å². The number of halogens is 1. The number of aromatic nitrogens is 1. The maximum absolute atomic E-state index is 12.2. The third-order valence-corrected chi connectivity index (χ3v) is 4.94. The van der Waals surface area contributed by atoms with E-state index in [2.05, 4.69) is 21.9 Å². The molecule has 1 aromatic heterocycles. The van der Waals surface area contributed by atoms with Crippen molar-refractivity contribution in [2.75, 3.05) is 22.4 Å². The van der Waals surface area contributed by atoms with Crippen LogP contribution in [0.15, 0.2) is 71.5 Å². The summed E-state index contributed by atoms with van der Waals surface area (Å²) in [5, 5.41) is 8.81. The molecule has 0 amide bonds. The van der Waals surface area contributed by atoms with E-state index < -0.39 is 0 Å². The Labute approximate surface area is 173 Å². The quantitative estimate of drug-likeness (QED) is 0.435. The van der Waals surface area contributed by atoms with E-state index in [0.717, 1.165) is 28.2 Å². The van der Waals surface area contributed by atoms with Crippen LogP contribution in [0.2, 0.25) is 5.02 Å². The fourth-order valence-electron chi connectivity index (χ4n) is 2.79. The van der Waals surface area contributed by atoms with Gasteiger partial charge in [0.25, 0.3) is 5.56 Å². The lowest BCUT2D eigenvalue weighted by molar-refractivity contribution is 0.864. The second-order valence-corrected chi connectivity index (χ2v) is 7.30. The van der Waals surface area contributed by atoms with Crippen LogP contribution in [0, 0.1) is 0 Å². The van der Waals surface area contributed by atoms with E-state index >= 15 is 0 Å². The SMILES string of the molecule is C=CSNc1ccc(Nc2ccc(Cl)cc2)c(-c2cc(NC)c(=O)n(C)c2)c1. The molecule has 0 aliphatic rings. The van der Waals surface area contributed by atoms with Gasteiger partial charge in [-0.25, -0.2) is 0 Å². The van der Waals surface area contributed by atoms with Gasteiger partial charge in [-0.1, -0.05) is 18.2 Å². The van der Waals surface area contributed by atoms with Crippen LogP contribution in [0.25, 0.3) is 11.1 Å². The lowest BCUT2D eigenvalue weighted by Gasteiger charge is -2.16. The summed E-state index contributed by atoms with van der Waals surface area (Å²) in [7, 11) is 3.49. The summed E-state index contributed by atoms with van der Waals surface area (Å²) in [6.45, 7) is 3.71. The van der Waals surface area contributed by atoms with E-state index in [-0.39, 0.29) is 5.56 Å². The topological polar surface area (TPSA) is 58.1 Å². The summed E-state index contributed by atoms with van der Waals surface area (Å²) < 4.78 is 4.80. The summed E-state index contributed by atoms with van der Waals surface area (Å²) in [5.41, 5.74) is 5.10. The molecule has 0 atom stereocenters. The zero-order valence-corrected chi connectivity index (χ0v) is 17.2. The fraction of sp³-hybridized carbons (Fsp3) is 0.0952. The highest BCUT2D eigenvalue weighted by molar-refractivity contribution is 8.03. The number of benzene rings is 2. The van der Waals surface area contributed by atoms with E-state index in [9.17, 15) is 4.79 Å². The first-order valence-electron chi connectivity index (χ1n) is 8.60. The molecule has 0 unspecified atom stereocenters. The summed E-state index contributed by atoms with van der Waals surface area (Å²) in [4.78, 5) is 12.2. The van der Waals surface area contributed by atoms with Crippen LogP contribution >= 0.6 is 23.5 Å². The summed E-state index contributed by atoms with van der Waals surface area (Å²) in [6.07, 6.45) is 1.83. The lowest BCUT2D eigenvalue weighted by Crippen LogP contribution is -2.19. The minimum atomic E-state index is -0.0741. The predicted octanol–water partition coefficient (Wildman–Crippen LogP) is 5.69. The van der Waals surface area contributed by atoms with Gasteiger partial charge in [-0.3, -0.25) is 4.79 Å². The Morgan fingerprint density at radius 1 is 1.07 bits per heavy atom. The van der Waals surface area contributed by atoms with Crippen molar-refractivity contribution >= 4 is 46.3 Å². The smallest absolute Gasteiger partial charge is 0.273 e. The maximum Gasteiger partial charge on any atom is 0.273 e. The summed E-state index contributed by atoms with van der Waals surface area (Å²) >= 11 is 7.39. The number of aryl methyl sites for hydroxylation is 1. The maximum atomic E-state index is 12.2. The van der Waals surface area contributed by atoms with E-state index in [1.165, 1.54) is 11.9 Å². The van der Waals surface area contributed by atoms with Crippen LogP contribution in [0.3, 0.4) is 0 Å². The van der Waals surface area contributed by atoms with Gasteiger partial charge < -0.3 is 19.9 Å². The van der Waals surface area contributed by atoms with Crippen molar-refractivity contribution in [2.24, 2.45) is 7.05 Å². The van der Waals surface area contributed by atoms with E-state index in [1.54, 1.807) is 24.1 Å². The molecule has 0 saturated heterocycles. The fourth-order valence-corrected chi connectivity index (χ4v) is 3.26. The van der Waals surface area contributed by atoms with Gasteiger partial charge in [0.05, 0.1) is 0 Å². The number of nitrogens with zero attached hydrogens (tertiary/aromatic N) is 1. The highest BCUT2D eigenvalue weighted by Crippen LogP contribution is 2.34.